The molecule has 1 heterocycles. The molecule has 0 saturated heterocycles. The first kappa shape index (κ1) is 15.6. The van der Waals surface area contributed by atoms with E-state index in [9.17, 15) is 18.0 Å². The average Bonchev–Trinajstić information content (AvgIpc) is 2.40. The zero-order valence-electron chi connectivity index (χ0n) is 10.9. The Morgan fingerprint density at radius 2 is 1.95 bits per heavy atom. The van der Waals surface area contributed by atoms with Gasteiger partial charge >= 0.3 is 6.18 Å². The summed E-state index contributed by atoms with van der Waals surface area (Å²) in [6.07, 6.45) is -4.58. The fourth-order valence-corrected chi connectivity index (χ4v) is 2.51. The van der Waals surface area contributed by atoms with Crippen LogP contribution in [0.3, 0.4) is 0 Å². The number of methoxy groups -OCH3 is 1. The maximum Gasteiger partial charge on any atom is 0.431 e. The molecular weight excluding hydrogens is 351 g/mol. The predicted molar refractivity (Wildman–Crippen MR) is 75.5 cm³/mol. The Bertz CT molecular complexity index is 710. The van der Waals surface area contributed by atoms with Crippen molar-refractivity contribution in [2.75, 3.05) is 7.11 Å². The number of alkyl halides is 3. The maximum absolute atomic E-state index is 12.9. The molecule has 0 aliphatic rings. The van der Waals surface area contributed by atoms with E-state index in [1.165, 1.54) is 7.11 Å². The van der Waals surface area contributed by atoms with Gasteiger partial charge in [-0.25, -0.2) is 0 Å². The number of ether oxygens (including phenoxy) is 1. The van der Waals surface area contributed by atoms with Crippen LogP contribution in [0.4, 0.5) is 13.2 Å². The minimum Gasteiger partial charge on any atom is -0.496 e. The molecule has 0 amide bonds. The van der Waals surface area contributed by atoms with Gasteiger partial charge in [-0.3, -0.25) is 9.36 Å². The number of nitrogens with zero attached hydrogens (tertiary/aromatic N) is 1. The highest BCUT2D eigenvalue weighted by Gasteiger charge is 2.34. The smallest absolute Gasteiger partial charge is 0.431 e. The zero-order valence-corrected chi connectivity index (χ0v) is 12.5. The van der Waals surface area contributed by atoms with Crippen molar-refractivity contribution in [3.8, 4) is 5.75 Å². The largest absolute Gasteiger partial charge is 0.496 e. The Kier molecular flexibility index (Phi) is 4.41. The van der Waals surface area contributed by atoms with Gasteiger partial charge in [0.15, 0.2) is 0 Å². The van der Waals surface area contributed by atoms with E-state index in [0.717, 1.165) is 18.2 Å². The number of pyridine rings is 1. The van der Waals surface area contributed by atoms with E-state index in [4.69, 9.17) is 4.74 Å². The number of halogens is 4. The van der Waals surface area contributed by atoms with Gasteiger partial charge in [0.1, 0.15) is 11.4 Å². The molecule has 2 aromatic rings. The number of hydrogen-bond donors (Lipinski definition) is 0. The van der Waals surface area contributed by atoms with Gasteiger partial charge in [0.25, 0.3) is 5.56 Å². The molecule has 0 radical (unpaired) electrons. The SMILES string of the molecule is COc1ccc(Cn2c(C(F)(F)F)cccc2=O)cc1Br. The third-order valence-electron chi connectivity index (χ3n) is 2.90. The number of benzene rings is 1. The monoisotopic (exact) mass is 361 g/mol. The minimum absolute atomic E-state index is 0.170. The molecule has 112 valence electrons. The Morgan fingerprint density at radius 3 is 2.52 bits per heavy atom. The third-order valence-corrected chi connectivity index (χ3v) is 3.52. The molecule has 0 spiro atoms. The van der Waals surface area contributed by atoms with Crippen LogP contribution in [0.5, 0.6) is 5.75 Å². The van der Waals surface area contributed by atoms with Crippen LogP contribution in [0.1, 0.15) is 11.3 Å². The van der Waals surface area contributed by atoms with Crippen molar-refractivity contribution in [3.63, 3.8) is 0 Å². The molecule has 0 fully saturated rings. The summed E-state index contributed by atoms with van der Waals surface area (Å²) in [5.41, 5.74) is -1.11. The van der Waals surface area contributed by atoms with Gasteiger partial charge in [-0.1, -0.05) is 12.1 Å². The van der Waals surface area contributed by atoms with E-state index in [-0.39, 0.29) is 6.54 Å². The van der Waals surface area contributed by atoms with Crippen molar-refractivity contribution < 1.29 is 17.9 Å². The molecule has 7 heteroatoms. The first-order valence-electron chi connectivity index (χ1n) is 5.92. The quantitative estimate of drug-likeness (QED) is 0.834. The normalized spacial score (nSPS) is 11.5. The first-order chi connectivity index (χ1) is 9.82. The molecule has 2 rings (SSSR count). The van der Waals surface area contributed by atoms with Gasteiger partial charge in [-0.05, 0) is 39.7 Å². The number of aromatic nitrogens is 1. The molecule has 0 aliphatic heterocycles. The topological polar surface area (TPSA) is 31.2 Å². The molecule has 1 aromatic heterocycles. The van der Waals surface area contributed by atoms with Gasteiger partial charge in [0, 0.05) is 6.07 Å². The van der Waals surface area contributed by atoms with Crippen molar-refractivity contribution in [1.29, 1.82) is 0 Å². The average molecular weight is 362 g/mol. The van der Waals surface area contributed by atoms with E-state index >= 15 is 0 Å². The molecular formula is C14H11BrF3NO2. The second kappa shape index (κ2) is 5.93. The Labute approximate surface area is 127 Å². The fourth-order valence-electron chi connectivity index (χ4n) is 1.92. The molecule has 0 atom stereocenters. The Morgan fingerprint density at radius 1 is 1.24 bits per heavy atom. The van der Waals surface area contributed by atoms with Crippen LogP contribution in [0.25, 0.3) is 0 Å². The lowest BCUT2D eigenvalue weighted by Gasteiger charge is -2.15. The minimum atomic E-state index is -4.58. The molecule has 3 nitrogen and oxygen atoms in total. The summed E-state index contributed by atoms with van der Waals surface area (Å²) >= 11 is 3.26. The molecule has 0 bridgehead atoms. The van der Waals surface area contributed by atoms with Crippen molar-refractivity contribution in [1.82, 2.24) is 4.57 Å². The van der Waals surface area contributed by atoms with E-state index in [2.05, 4.69) is 15.9 Å². The summed E-state index contributed by atoms with van der Waals surface area (Å²) in [5, 5.41) is 0. The maximum atomic E-state index is 12.9. The molecule has 0 saturated carbocycles. The van der Waals surface area contributed by atoms with Crippen LogP contribution in [0.2, 0.25) is 0 Å². The summed E-state index contributed by atoms with van der Waals surface area (Å²) in [4.78, 5) is 11.7. The lowest BCUT2D eigenvalue weighted by molar-refractivity contribution is -0.144. The van der Waals surface area contributed by atoms with E-state index in [0.29, 0.717) is 20.4 Å². The summed E-state index contributed by atoms with van der Waals surface area (Å²) in [6.45, 7) is -0.170. The summed E-state index contributed by atoms with van der Waals surface area (Å²) in [6, 6.07) is 7.96. The van der Waals surface area contributed by atoms with Crippen molar-refractivity contribution in [2.24, 2.45) is 0 Å². The standard InChI is InChI=1S/C14H11BrF3NO2/c1-21-11-6-5-9(7-10(11)15)8-19-12(14(16,17)18)3-2-4-13(19)20/h2-7H,8H2,1H3. The highest BCUT2D eigenvalue weighted by atomic mass is 79.9. The second-order valence-corrected chi connectivity index (χ2v) is 5.16. The third kappa shape index (κ3) is 3.47. The van der Waals surface area contributed by atoms with E-state index < -0.39 is 17.4 Å². The summed E-state index contributed by atoms with van der Waals surface area (Å²) in [7, 11) is 1.49. The molecule has 1 aromatic carbocycles. The Hall–Kier alpha value is -1.76. The lowest BCUT2D eigenvalue weighted by atomic mass is 10.2. The van der Waals surface area contributed by atoms with Gasteiger partial charge in [0.2, 0.25) is 0 Å². The van der Waals surface area contributed by atoms with Gasteiger partial charge < -0.3 is 4.74 Å². The van der Waals surface area contributed by atoms with Crippen LogP contribution < -0.4 is 10.3 Å². The highest BCUT2D eigenvalue weighted by molar-refractivity contribution is 9.10. The highest BCUT2D eigenvalue weighted by Crippen LogP contribution is 2.29. The van der Waals surface area contributed by atoms with E-state index in [1.54, 1.807) is 18.2 Å². The van der Waals surface area contributed by atoms with Crippen LogP contribution in [0, 0.1) is 0 Å². The van der Waals surface area contributed by atoms with E-state index in [1.807, 2.05) is 0 Å². The van der Waals surface area contributed by atoms with Gasteiger partial charge in [-0.15, -0.1) is 0 Å². The van der Waals surface area contributed by atoms with Crippen LogP contribution >= 0.6 is 15.9 Å². The summed E-state index contributed by atoms with van der Waals surface area (Å²) in [5.74, 6) is 0.565. The van der Waals surface area contributed by atoms with Crippen LogP contribution in [-0.2, 0) is 12.7 Å². The molecule has 0 unspecified atom stereocenters. The number of rotatable bonds is 3. The zero-order chi connectivity index (χ0) is 15.6. The van der Waals surface area contributed by atoms with Crippen molar-refractivity contribution in [2.45, 2.75) is 12.7 Å². The van der Waals surface area contributed by atoms with Gasteiger partial charge in [-0.2, -0.15) is 13.2 Å². The van der Waals surface area contributed by atoms with Crippen molar-refractivity contribution in [3.05, 3.63) is 62.5 Å². The molecule has 0 aliphatic carbocycles. The van der Waals surface area contributed by atoms with Crippen molar-refractivity contribution >= 4 is 15.9 Å². The predicted octanol–water partition coefficient (Wildman–Crippen LogP) is 3.69. The summed E-state index contributed by atoms with van der Waals surface area (Å²) < 4.78 is 45.2. The number of hydrogen-bond acceptors (Lipinski definition) is 2. The molecule has 0 N–H and O–H groups in total. The second-order valence-electron chi connectivity index (χ2n) is 4.30. The first-order valence-corrected chi connectivity index (χ1v) is 6.71. The van der Waals surface area contributed by atoms with Crippen LogP contribution in [0.15, 0.2) is 45.7 Å². The fraction of sp³-hybridized carbons (Fsp3) is 0.214. The van der Waals surface area contributed by atoms with Gasteiger partial charge in [0.05, 0.1) is 18.1 Å². The lowest BCUT2D eigenvalue weighted by Crippen LogP contribution is -2.27. The Balaban J connectivity index is 2.45. The van der Waals surface area contributed by atoms with Crippen LogP contribution in [-0.4, -0.2) is 11.7 Å². The molecule has 21 heavy (non-hydrogen) atoms.